The summed E-state index contributed by atoms with van der Waals surface area (Å²) in [6, 6.07) is 2.97. The van der Waals surface area contributed by atoms with Crippen LogP contribution in [0.15, 0.2) is 12.1 Å². The van der Waals surface area contributed by atoms with Crippen molar-refractivity contribution in [2.75, 3.05) is 0 Å². The molecule has 1 atom stereocenters. The summed E-state index contributed by atoms with van der Waals surface area (Å²) in [4.78, 5) is 3.97. The van der Waals surface area contributed by atoms with Crippen molar-refractivity contribution in [3.05, 3.63) is 23.6 Å². The highest BCUT2D eigenvalue weighted by atomic mass is 19.1. The highest BCUT2D eigenvalue weighted by Crippen LogP contribution is 2.10. The van der Waals surface area contributed by atoms with Crippen molar-refractivity contribution in [2.45, 2.75) is 19.9 Å². The normalized spacial score (nSPS) is 12.7. The molecule has 4 heteroatoms. The molecule has 0 aliphatic carbocycles. The van der Waals surface area contributed by atoms with Crippen molar-refractivity contribution in [2.24, 2.45) is 0 Å². The molecule has 12 heavy (non-hydrogen) atoms. The monoisotopic (exact) mass is 167 g/mol. The predicted octanol–water partition coefficient (Wildman–Crippen LogP) is 0.384. The highest BCUT2D eigenvalue weighted by molar-refractivity contribution is 6.50. The molecule has 0 radical (unpaired) electrons. The molecule has 0 aliphatic heterocycles. The Kier molecular flexibility index (Phi) is 2.81. The fourth-order valence-electron chi connectivity index (χ4n) is 0.990. The van der Waals surface area contributed by atoms with Crippen molar-refractivity contribution in [3.8, 4) is 0 Å². The molecule has 1 heterocycles. The quantitative estimate of drug-likeness (QED) is 0.646. The first-order valence-corrected chi connectivity index (χ1v) is 3.98. The summed E-state index contributed by atoms with van der Waals surface area (Å²) in [6.07, 6.45) is -0.837. The minimum atomic E-state index is -0.837. The molecule has 0 aliphatic rings. The van der Waals surface area contributed by atoms with E-state index in [-0.39, 0.29) is 5.69 Å². The van der Waals surface area contributed by atoms with Gasteiger partial charge in [-0.05, 0) is 24.6 Å². The van der Waals surface area contributed by atoms with Crippen LogP contribution in [-0.4, -0.2) is 17.4 Å². The van der Waals surface area contributed by atoms with Crippen molar-refractivity contribution < 1.29 is 9.50 Å². The SMILES string of the molecule is CBc1ccc(F)c([C@H](C)O)n1. The van der Waals surface area contributed by atoms with Gasteiger partial charge in [-0.25, -0.2) is 4.39 Å². The van der Waals surface area contributed by atoms with E-state index in [0.29, 0.717) is 0 Å². The van der Waals surface area contributed by atoms with Crippen molar-refractivity contribution in [1.29, 1.82) is 0 Å². The number of hydrogen-bond acceptors (Lipinski definition) is 2. The third-order valence-electron chi connectivity index (χ3n) is 1.69. The van der Waals surface area contributed by atoms with Gasteiger partial charge in [-0.15, -0.1) is 0 Å². The molecule has 0 bridgehead atoms. The molecule has 0 amide bonds. The maximum atomic E-state index is 12.9. The first-order chi connectivity index (χ1) is 5.65. The average molecular weight is 167 g/mol. The Bertz CT molecular complexity index is 278. The van der Waals surface area contributed by atoms with E-state index in [9.17, 15) is 4.39 Å². The number of rotatable bonds is 2. The van der Waals surface area contributed by atoms with Crippen LogP contribution < -0.4 is 5.59 Å². The Morgan fingerprint density at radius 3 is 2.75 bits per heavy atom. The molecule has 0 aromatic carbocycles. The van der Waals surface area contributed by atoms with Gasteiger partial charge in [0.2, 0.25) is 0 Å². The lowest BCUT2D eigenvalue weighted by Gasteiger charge is -2.06. The van der Waals surface area contributed by atoms with Crippen molar-refractivity contribution in [1.82, 2.24) is 4.98 Å². The zero-order chi connectivity index (χ0) is 9.14. The first-order valence-electron chi connectivity index (χ1n) is 3.98. The van der Waals surface area contributed by atoms with Crippen LogP contribution in [0.2, 0.25) is 6.82 Å². The smallest absolute Gasteiger partial charge is 0.179 e. The number of halogens is 1. The zero-order valence-corrected chi connectivity index (χ0v) is 7.21. The van der Waals surface area contributed by atoms with Crippen LogP contribution in [0.4, 0.5) is 4.39 Å². The number of aliphatic hydroxyl groups is 1. The van der Waals surface area contributed by atoms with E-state index in [4.69, 9.17) is 5.11 Å². The maximum absolute atomic E-state index is 12.9. The van der Waals surface area contributed by atoms with Gasteiger partial charge < -0.3 is 5.11 Å². The third kappa shape index (κ3) is 1.82. The lowest BCUT2D eigenvalue weighted by atomic mass is 9.77. The molecule has 0 unspecified atom stereocenters. The molecule has 0 saturated heterocycles. The number of aliphatic hydroxyl groups excluding tert-OH is 1. The Balaban J connectivity index is 3.08. The van der Waals surface area contributed by atoms with E-state index in [1.807, 2.05) is 6.82 Å². The van der Waals surface area contributed by atoms with Gasteiger partial charge in [-0.2, -0.15) is 0 Å². The van der Waals surface area contributed by atoms with Gasteiger partial charge in [0.1, 0.15) is 11.5 Å². The van der Waals surface area contributed by atoms with Gasteiger partial charge in [-0.3, -0.25) is 4.98 Å². The van der Waals surface area contributed by atoms with E-state index in [1.165, 1.54) is 13.0 Å². The van der Waals surface area contributed by atoms with E-state index >= 15 is 0 Å². The van der Waals surface area contributed by atoms with Gasteiger partial charge in [0.15, 0.2) is 7.28 Å². The number of pyridine rings is 1. The van der Waals surface area contributed by atoms with Gasteiger partial charge in [-0.1, -0.05) is 6.82 Å². The van der Waals surface area contributed by atoms with E-state index in [1.54, 1.807) is 6.07 Å². The van der Waals surface area contributed by atoms with Crippen LogP contribution in [0.3, 0.4) is 0 Å². The zero-order valence-electron chi connectivity index (χ0n) is 7.21. The van der Waals surface area contributed by atoms with Crippen LogP contribution in [-0.2, 0) is 0 Å². The second-order valence-electron chi connectivity index (χ2n) is 2.70. The average Bonchev–Trinajstić information content (AvgIpc) is 2.05. The summed E-state index contributed by atoms with van der Waals surface area (Å²) < 4.78 is 12.9. The topological polar surface area (TPSA) is 33.1 Å². The molecule has 64 valence electrons. The fraction of sp³-hybridized carbons (Fsp3) is 0.375. The maximum Gasteiger partial charge on any atom is 0.179 e. The Morgan fingerprint density at radius 2 is 2.25 bits per heavy atom. The third-order valence-corrected chi connectivity index (χ3v) is 1.69. The lowest BCUT2D eigenvalue weighted by molar-refractivity contribution is 0.189. The highest BCUT2D eigenvalue weighted by Gasteiger charge is 2.09. The minimum Gasteiger partial charge on any atom is -0.387 e. The Morgan fingerprint density at radius 1 is 1.58 bits per heavy atom. The van der Waals surface area contributed by atoms with Crippen LogP contribution in [0, 0.1) is 5.82 Å². The molecular formula is C8H11BFNO. The van der Waals surface area contributed by atoms with Gasteiger partial charge >= 0.3 is 0 Å². The summed E-state index contributed by atoms with van der Waals surface area (Å²) in [6.45, 7) is 3.44. The molecule has 1 aromatic heterocycles. The van der Waals surface area contributed by atoms with Crippen LogP contribution in [0.1, 0.15) is 18.7 Å². The summed E-state index contributed by atoms with van der Waals surface area (Å²) in [7, 11) is 0.750. The lowest BCUT2D eigenvalue weighted by Crippen LogP contribution is -2.18. The Labute approximate surface area is 71.7 Å². The predicted molar refractivity (Wildman–Crippen MR) is 47.5 cm³/mol. The molecule has 0 saturated carbocycles. The molecule has 0 spiro atoms. The van der Waals surface area contributed by atoms with E-state index < -0.39 is 11.9 Å². The first kappa shape index (κ1) is 9.19. The van der Waals surface area contributed by atoms with E-state index in [0.717, 1.165) is 12.9 Å². The summed E-state index contributed by atoms with van der Waals surface area (Å²) >= 11 is 0. The summed E-state index contributed by atoms with van der Waals surface area (Å²) in [5.74, 6) is -0.442. The molecule has 0 fully saturated rings. The molecule has 1 rings (SSSR count). The molecular weight excluding hydrogens is 156 g/mol. The van der Waals surface area contributed by atoms with Gasteiger partial charge in [0.05, 0.1) is 6.10 Å². The second kappa shape index (κ2) is 3.67. The van der Waals surface area contributed by atoms with Gasteiger partial charge in [0, 0.05) is 0 Å². The minimum absolute atomic E-state index is 0.134. The number of hydrogen-bond donors (Lipinski definition) is 1. The van der Waals surface area contributed by atoms with Crippen LogP contribution in [0.5, 0.6) is 0 Å². The standard InChI is InChI=1S/C8H11BFNO/c1-5(12)8-6(10)3-4-7(9-2)11-8/h3-5,9,12H,1-2H3/t5-/m0/s1. The fourth-order valence-corrected chi connectivity index (χ4v) is 0.990. The van der Waals surface area contributed by atoms with Crippen molar-refractivity contribution >= 4 is 12.9 Å². The molecule has 2 nitrogen and oxygen atoms in total. The van der Waals surface area contributed by atoms with Crippen LogP contribution >= 0.6 is 0 Å². The number of aromatic nitrogens is 1. The largest absolute Gasteiger partial charge is 0.387 e. The van der Waals surface area contributed by atoms with Crippen molar-refractivity contribution in [3.63, 3.8) is 0 Å². The van der Waals surface area contributed by atoms with Crippen LogP contribution in [0.25, 0.3) is 0 Å². The van der Waals surface area contributed by atoms with E-state index in [2.05, 4.69) is 4.98 Å². The summed E-state index contributed by atoms with van der Waals surface area (Å²) in [5.41, 5.74) is 0.932. The Hall–Kier alpha value is -0.895. The molecule has 1 N–H and O–H groups in total. The second-order valence-corrected chi connectivity index (χ2v) is 2.70. The summed E-state index contributed by atoms with van der Waals surface area (Å²) in [5, 5.41) is 9.12. The van der Waals surface area contributed by atoms with Gasteiger partial charge in [0.25, 0.3) is 0 Å². The number of nitrogens with zero attached hydrogens (tertiary/aromatic N) is 1. The molecule has 1 aromatic rings.